The molecule has 0 bridgehead atoms. The van der Waals surface area contributed by atoms with Gasteiger partial charge in [-0.25, -0.2) is 0 Å². The van der Waals surface area contributed by atoms with Crippen LogP contribution in [0.2, 0.25) is 0 Å². The lowest BCUT2D eigenvalue weighted by Crippen LogP contribution is -2.30. The second-order valence-electron chi connectivity index (χ2n) is 5.04. The Hall–Kier alpha value is -1.76. The van der Waals surface area contributed by atoms with Gasteiger partial charge in [-0.15, -0.1) is 0 Å². The van der Waals surface area contributed by atoms with Crippen molar-refractivity contribution in [1.82, 2.24) is 0 Å². The van der Waals surface area contributed by atoms with Gasteiger partial charge in [-0.05, 0) is 38.5 Å². The Morgan fingerprint density at radius 3 is 2.06 bits per heavy atom. The van der Waals surface area contributed by atoms with Crippen LogP contribution in [0.3, 0.4) is 0 Å². The molecule has 0 saturated heterocycles. The molecule has 94 valence electrons. The van der Waals surface area contributed by atoms with Crippen molar-refractivity contribution in [3.63, 3.8) is 0 Å². The number of hydrogen-bond acceptors (Lipinski definition) is 1. The third-order valence-corrected chi connectivity index (χ3v) is 3.18. The molecule has 1 nitrogen and oxygen atoms in total. The van der Waals surface area contributed by atoms with Crippen molar-refractivity contribution in [3.05, 3.63) is 65.7 Å². The summed E-state index contributed by atoms with van der Waals surface area (Å²) in [7, 11) is 0. The molecule has 0 atom stereocenters. The molecular weight excluding hydrogens is 218 g/mol. The van der Waals surface area contributed by atoms with Crippen LogP contribution in [0, 0.1) is 6.92 Å². The van der Waals surface area contributed by atoms with E-state index < -0.39 is 0 Å². The molecule has 0 spiro atoms. The molecule has 0 amide bonds. The second-order valence-corrected chi connectivity index (χ2v) is 5.04. The normalized spacial score (nSPS) is 10.7. The molecule has 0 fully saturated rings. The summed E-state index contributed by atoms with van der Waals surface area (Å²) in [5.74, 6) is 0. The Morgan fingerprint density at radius 2 is 1.50 bits per heavy atom. The first-order valence-electron chi connectivity index (χ1n) is 6.54. The van der Waals surface area contributed by atoms with Crippen LogP contribution in [0.25, 0.3) is 0 Å². The molecule has 18 heavy (non-hydrogen) atoms. The minimum Gasteiger partial charge on any atom is -0.365 e. The second kappa shape index (κ2) is 5.72. The molecule has 1 heteroatoms. The molecule has 2 aromatic rings. The predicted molar refractivity (Wildman–Crippen MR) is 78.9 cm³/mol. The maximum atomic E-state index is 2.43. The van der Waals surface area contributed by atoms with Crippen LogP contribution in [0.4, 0.5) is 5.69 Å². The molecule has 0 N–H and O–H groups in total. The van der Waals surface area contributed by atoms with E-state index in [0.717, 1.165) is 6.54 Å². The fourth-order valence-corrected chi connectivity index (χ4v) is 2.09. The first-order valence-corrected chi connectivity index (χ1v) is 6.54. The summed E-state index contributed by atoms with van der Waals surface area (Å²) in [6, 6.07) is 19.9. The molecule has 2 rings (SSSR count). The van der Waals surface area contributed by atoms with Crippen molar-refractivity contribution in [2.75, 3.05) is 4.90 Å². The Bertz CT molecular complexity index is 471. The van der Waals surface area contributed by atoms with Crippen LogP contribution in [0.15, 0.2) is 54.6 Å². The van der Waals surface area contributed by atoms with Crippen LogP contribution >= 0.6 is 0 Å². The molecule has 0 aromatic heterocycles. The van der Waals surface area contributed by atoms with Crippen molar-refractivity contribution < 1.29 is 0 Å². The summed E-state index contributed by atoms with van der Waals surface area (Å²) < 4.78 is 0. The maximum Gasteiger partial charge on any atom is 0.0432 e. The summed E-state index contributed by atoms with van der Waals surface area (Å²) in [6.07, 6.45) is 0. The minimum atomic E-state index is 0.493. The van der Waals surface area contributed by atoms with Crippen LogP contribution in [-0.2, 0) is 6.54 Å². The zero-order valence-corrected chi connectivity index (χ0v) is 11.4. The first kappa shape index (κ1) is 12.7. The van der Waals surface area contributed by atoms with Gasteiger partial charge in [0, 0.05) is 18.3 Å². The summed E-state index contributed by atoms with van der Waals surface area (Å²) in [6.45, 7) is 7.56. The fraction of sp³-hybridized carbons (Fsp3) is 0.294. The number of anilines is 1. The molecule has 2 aromatic carbocycles. The molecular formula is C17H21N. The summed E-state index contributed by atoms with van der Waals surface area (Å²) in [4.78, 5) is 2.43. The number of hydrogen-bond donors (Lipinski definition) is 0. The quantitative estimate of drug-likeness (QED) is 0.764. The average molecular weight is 239 g/mol. The third kappa shape index (κ3) is 3.13. The van der Waals surface area contributed by atoms with Crippen LogP contribution in [0.1, 0.15) is 25.0 Å². The molecule has 0 heterocycles. The van der Waals surface area contributed by atoms with E-state index in [2.05, 4.69) is 80.3 Å². The average Bonchev–Trinajstić information content (AvgIpc) is 2.38. The predicted octanol–water partition coefficient (Wildman–Crippen LogP) is 4.41. The van der Waals surface area contributed by atoms with E-state index in [-0.39, 0.29) is 0 Å². The minimum absolute atomic E-state index is 0.493. The van der Waals surface area contributed by atoms with Crippen LogP contribution in [0.5, 0.6) is 0 Å². The largest absolute Gasteiger partial charge is 0.365 e. The van der Waals surface area contributed by atoms with Crippen molar-refractivity contribution in [2.24, 2.45) is 0 Å². The van der Waals surface area contributed by atoms with Gasteiger partial charge in [0.15, 0.2) is 0 Å². The SMILES string of the molecule is Cc1ccc(N(Cc2ccccc2)C(C)C)cc1. The van der Waals surface area contributed by atoms with E-state index in [0.29, 0.717) is 6.04 Å². The number of rotatable bonds is 4. The molecule has 0 aliphatic heterocycles. The van der Waals surface area contributed by atoms with Gasteiger partial charge in [-0.3, -0.25) is 0 Å². The van der Waals surface area contributed by atoms with Crippen LogP contribution in [-0.4, -0.2) is 6.04 Å². The van der Waals surface area contributed by atoms with Gasteiger partial charge in [0.2, 0.25) is 0 Å². The Labute approximate surface area is 110 Å². The molecule has 0 unspecified atom stereocenters. The monoisotopic (exact) mass is 239 g/mol. The molecule has 0 aliphatic carbocycles. The van der Waals surface area contributed by atoms with Gasteiger partial charge < -0.3 is 4.90 Å². The van der Waals surface area contributed by atoms with Crippen molar-refractivity contribution in [2.45, 2.75) is 33.4 Å². The van der Waals surface area contributed by atoms with Crippen molar-refractivity contribution in [1.29, 1.82) is 0 Å². The lowest BCUT2D eigenvalue weighted by molar-refractivity contribution is 0.682. The van der Waals surface area contributed by atoms with Gasteiger partial charge in [0.1, 0.15) is 0 Å². The highest BCUT2D eigenvalue weighted by Gasteiger charge is 2.10. The number of aryl methyl sites for hydroxylation is 1. The Balaban J connectivity index is 2.21. The van der Waals surface area contributed by atoms with E-state index in [4.69, 9.17) is 0 Å². The van der Waals surface area contributed by atoms with Gasteiger partial charge in [-0.2, -0.15) is 0 Å². The number of benzene rings is 2. The highest BCUT2D eigenvalue weighted by atomic mass is 15.1. The summed E-state index contributed by atoms with van der Waals surface area (Å²) >= 11 is 0. The van der Waals surface area contributed by atoms with E-state index in [1.165, 1.54) is 16.8 Å². The van der Waals surface area contributed by atoms with Crippen molar-refractivity contribution in [3.8, 4) is 0 Å². The molecule has 0 saturated carbocycles. The fourth-order valence-electron chi connectivity index (χ4n) is 2.09. The highest BCUT2D eigenvalue weighted by Crippen LogP contribution is 2.20. The zero-order valence-electron chi connectivity index (χ0n) is 11.4. The topological polar surface area (TPSA) is 3.24 Å². The van der Waals surface area contributed by atoms with E-state index in [1.807, 2.05) is 0 Å². The lowest BCUT2D eigenvalue weighted by Gasteiger charge is -2.29. The zero-order chi connectivity index (χ0) is 13.0. The van der Waals surface area contributed by atoms with Gasteiger partial charge >= 0.3 is 0 Å². The maximum absolute atomic E-state index is 2.43. The standard InChI is InChI=1S/C17H21N/c1-14(2)18(13-16-7-5-4-6-8-16)17-11-9-15(3)10-12-17/h4-12,14H,13H2,1-3H3. The molecule has 0 radical (unpaired) electrons. The summed E-state index contributed by atoms with van der Waals surface area (Å²) in [5.41, 5.74) is 3.95. The van der Waals surface area contributed by atoms with Crippen LogP contribution < -0.4 is 4.90 Å². The van der Waals surface area contributed by atoms with Gasteiger partial charge in [0.25, 0.3) is 0 Å². The Kier molecular flexibility index (Phi) is 4.03. The van der Waals surface area contributed by atoms with Crippen molar-refractivity contribution >= 4 is 5.69 Å². The van der Waals surface area contributed by atoms with Gasteiger partial charge in [0.05, 0.1) is 0 Å². The van der Waals surface area contributed by atoms with E-state index in [9.17, 15) is 0 Å². The third-order valence-electron chi connectivity index (χ3n) is 3.18. The van der Waals surface area contributed by atoms with E-state index >= 15 is 0 Å². The lowest BCUT2D eigenvalue weighted by atomic mass is 10.1. The van der Waals surface area contributed by atoms with Gasteiger partial charge in [-0.1, -0.05) is 48.0 Å². The van der Waals surface area contributed by atoms with E-state index in [1.54, 1.807) is 0 Å². The highest BCUT2D eigenvalue weighted by molar-refractivity contribution is 5.48. The summed E-state index contributed by atoms with van der Waals surface area (Å²) in [5, 5.41) is 0. The first-order chi connectivity index (χ1) is 8.66. The smallest absolute Gasteiger partial charge is 0.0432 e. The number of nitrogens with zero attached hydrogens (tertiary/aromatic N) is 1. The molecule has 0 aliphatic rings. The Morgan fingerprint density at radius 1 is 0.889 bits per heavy atom.